The Morgan fingerprint density at radius 3 is 2.50 bits per heavy atom. The summed E-state index contributed by atoms with van der Waals surface area (Å²) in [6, 6.07) is 24.0. The quantitative estimate of drug-likeness (QED) is 0.535. The van der Waals surface area contributed by atoms with Gasteiger partial charge in [0.25, 0.3) is 11.5 Å². The van der Waals surface area contributed by atoms with Gasteiger partial charge in [0.05, 0.1) is 23.0 Å². The number of carbonyl (C=O) groups is 1. The first-order chi connectivity index (χ1) is 14.6. The fourth-order valence-electron chi connectivity index (χ4n) is 3.22. The topological polar surface area (TPSA) is 75.3 Å². The van der Waals surface area contributed by atoms with Crippen molar-refractivity contribution in [1.29, 1.82) is 0 Å². The molecule has 1 aromatic heterocycles. The number of ether oxygens (including phenoxy) is 1. The van der Waals surface area contributed by atoms with E-state index in [0.717, 1.165) is 5.56 Å². The summed E-state index contributed by atoms with van der Waals surface area (Å²) in [7, 11) is 1.67. The molecule has 1 N–H and O–H groups in total. The first-order valence-electron chi connectivity index (χ1n) is 9.61. The monoisotopic (exact) mass is 399 g/mol. The zero-order valence-electron chi connectivity index (χ0n) is 16.5. The average molecular weight is 399 g/mol. The van der Waals surface area contributed by atoms with Gasteiger partial charge in [-0.3, -0.25) is 9.59 Å². The van der Waals surface area contributed by atoms with Gasteiger partial charge in [-0.2, -0.15) is 0 Å². The Bertz CT molecular complexity index is 1240. The van der Waals surface area contributed by atoms with Crippen LogP contribution in [0.1, 0.15) is 21.7 Å². The van der Waals surface area contributed by atoms with Crippen LogP contribution in [0.2, 0.25) is 0 Å². The molecule has 1 amide bonds. The van der Waals surface area contributed by atoms with E-state index in [0.29, 0.717) is 34.6 Å². The summed E-state index contributed by atoms with van der Waals surface area (Å²) < 4.78 is 5.90. The van der Waals surface area contributed by atoms with Gasteiger partial charge in [-0.05, 0) is 29.8 Å². The van der Waals surface area contributed by atoms with E-state index in [-0.39, 0.29) is 18.0 Å². The van der Waals surface area contributed by atoms with Gasteiger partial charge >= 0.3 is 0 Å². The maximum absolute atomic E-state index is 13.1. The minimum absolute atomic E-state index is 0.173. The number of rotatable bonds is 6. The van der Waals surface area contributed by atoms with Gasteiger partial charge in [-0.1, -0.05) is 54.6 Å². The van der Waals surface area contributed by atoms with Crippen molar-refractivity contribution in [2.75, 3.05) is 7.05 Å². The molecule has 0 aliphatic heterocycles. The van der Waals surface area contributed by atoms with Crippen LogP contribution in [0.25, 0.3) is 10.9 Å². The first-order valence-corrected chi connectivity index (χ1v) is 9.61. The van der Waals surface area contributed by atoms with Crippen LogP contribution in [0.15, 0.2) is 83.7 Å². The zero-order valence-corrected chi connectivity index (χ0v) is 16.5. The molecule has 0 saturated heterocycles. The molecule has 0 saturated carbocycles. The molecule has 0 radical (unpaired) electrons. The minimum Gasteiger partial charge on any atom is -0.488 e. The molecule has 6 heteroatoms. The minimum atomic E-state index is -0.219. The Labute approximate surface area is 173 Å². The first kappa shape index (κ1) is 19.4. The molecule has 0 unspecified atom stereocenters. The highest BCUT2D eigenvalue weighted by molar-refractivity contribution is 5.96. The van der Waals surface area contributed by atoms with Crippen LogP contribution in [-0.4, -0.2) is 27.8 Å². The Morgan fingerprint density at radius 1 is 0.967 bits per heavy atom. The zero-order chi connectivity index (χ0) is 20.9. The molecule has 0 bridgehead atoms. The third kappa shape index (κ3) is 4.22. The average Bonchev–Trinajstić information content (AvgIpc) is 2.78. The molecule has 0 fully saturated rings. The largest absolute Gasteiger partial charge is 0.488 e. The van der Waals surface area contributed by atoms with Crippen LogP contribution < -0.4 is 10.3 Å². The van der Waals surface area contributed by atoms with Gasteiger partial charge in [0.15, 0.2) is 0 Å². The van der Waals surface area contributed by atoms with Gasteiger partial charge < -0.3 is 14.6 Å². The fraction of sp³-hybridized carbons (Fsp3) is 0.125. The third-order valence-electron chi connectivity index (χ3n) is 4.75. The number of H-pyrrole nitrogens is 1. The van der Waals surface area contributed by atoms with Gasteiger partial charge in [0, 0.05) is 7.05 Å². The summed E-state index contributed by atoms with van der Waals surface area (Å²) in [6.45, 7) is 0.542. The molecule has 1 heterocycles. The third-order valence-corrected chi connectivity index (χ3v) is 4.75. The van der Waals surface area contributed by atoms with Crippen molar-refractivity contribution in [3.05, 3.63) is 106 Å². The molecule has 0 spiro atoms. The number of hydrogen-bond acceptors (Lipinski definition) is 4. The van der Waals surface area contributed by atoms with E-state index in [1.54, 1.807) is 43.4 Å². The van der Waals surface area contributed by atoms with Gasteiger partial charge in [0.1, 0.15) is 18.2 Å². The van der Waals surface area contributed by atoms with Crippen LogP contribution in [0.3, 0.4) is 0 Å². The Hall–Kier alpha value is -3.93. The number of benzene rings is 3. The lowest BCUT2D eigenvalue weighted by Crippen LogP contribution is -2.28. The van der Waals surface area contributed by atoms with Crippen LogP contribution in [-0.2, 0) is 13.2 Å². The van der Waals surface area contributed by atoms with Crippen molar-refractivity contribution in [1.82, 2.24) is 14.9 Å². The van der Waals surface area contributed by atoms with Crippen molar-refractivity contribution in [2.45, 2.75) is 13.2 Å². The van der Waals surface area contributed by atoms with Crippen molar-refractivity contribution < 1.29 is 9.53 Å². The van der Waals surface area contributed by atoms with Crippen LogP contribution in [0, 0.1) is 0 Å². The van der Waals surface area contributed by atoms with E-state index in [4.69, 9.17) is 4.74 Å². The molecule has 4 aromatic rings. The standard InChI is InChI=1S/C24H21N3O3/c1-27(15-22-25-20-13-7-5-11-18(20)23(28)26-22)24(29)19-12-6-8-14-21(19)30-16-17-9-3-2-4-10-17/h2-14H,15-16H2,1H3,(H,25,26,28). The van der Waals surface area contributed by atoms with E-state index in [2.05, 4.69) is 9.97 Å². The highest BCUT2D eigenvalue weighted by atomic mass is 16.5. The number of aromatic nitrogens is 2. The number of carbonyl (C=O) groups excluding carboxylic acids is 1. The lowest BCUT2D eigenvalue weighted by molar-refractivity contribution is 0.0776. The predicted molar refractivity (Wildman–Crippen MR) is 115 cm³/mol. The molecule has 30 heavy (non-hydrogen) atoms. The molecule has 0 atom stereocenters. The Kier molecular flexibility index (Phi) is 5.57. The molecule has 0 aliphatic rings. The summed E-state index contributed by atoms with van der Waals surface area (Å²) >= 11 is 0. The predicted octanol–water partition coefficient (Wildman–Crippen LogP) is 3.77. The molecule has 3 aromatic carbocycles. The summed E-state index contributed by atoms with van der Waals surface area (Å²) in [4.78, 5) is 34.1. The second kappa shape index (κ2) is 8.61. The SMILES string of the molecule is CN(Cc1nc2ccccc2c(=O)[nH]1)C(=O)c1ccccc1OCc1ccccc1. The molecule has 0 aliphatic carbocycles. The van der Waals surface area contributed by atoms with Crippen LogP contribution >= 0.6 is 0 Å². The molecule has 150 valence electrons. The van der Waals surface area contributed by atoms with Crippen molar-refractivity contribution in [3.63, 3.8) is 0 Å². The summed E-state index contributed by atoms with van der Waals surface area (Å²) in [5.41, 5.74) is 1.86. The molecule has 6 nitrogen and oxygen atoms in total. The number of fused-ring (bicyclic) bond motifs is 1. The van der Waals surface area contributed by atoms with E-state index >= 15 is 0 Å². The molecule has 4 rings (SSSR count). The maximum Gasteiger partial charge on any atom is 0.258 e. The molecular formula is C24H21N3O3. The Morgan fingerprint density at radius 2 is 1.67 bits per heavy atom. The van der Waals surface area contributed by atoms with Crippen molar-refractivity contribution in [3.8, 4) is 5.75 Å². The maximum atomic E-state index is 13.1. The number of hydrogen-bond donors (Lipinski definition) is 1. The number of nitrogens with zero attached hydrogens (tertiary/aromatic N) is 2. The summed E-state index contributed by atoms with van der Waals surface area (Å²) in [5.74, 6) is 0.727. The van der Waals surface area contributed by atoms with Gasteiger partial charge in [0.2, 0.25) is 0 Å². The molecular weight excluding hydrogens is 378 g/mol. The second-order valence-electron chi connectivity index (χ2n) is 6.96. The van der Waals surface area contributed by atoms with E-state index in [9.17, 15) is 9.59 Å². The normalized spacial score (nSPS) is 10.7. The number of amides is 1. The van der Waals surface area contributed by atoms with Crippen molar-refractivity contribution >= 4 is 16.8 Å². The van der Waals surface area contributed by atoms with Crippen LogP contribution in [0.4, 0.5) is 0 Å². The van der Waals surface area contributed by atoms with Crippen molar-refractivity contribution in [2.24, 2.45) is 0 Å². The highest BCUT2D eigenvalue weighted by Gasteiger charge is 2.18. The highest BCUT2D eigenvalue weighted by Crippen LogP contribution is 2.21. The lowest BCUT2D eigenvalue weighted by Gasteiger charge is -2.19. The lowest BCUT2D eigenvalue weighted by atomic mass is 10.1. The number of aromatic amines is 1. The summed E-state index contributed by atoms with van der Waals surface area (Å²) in [6.07, 6.45) is 0. The number of para-hydroxylation sites is 2. The summed E-state index contributed by atoms with van der Waals surface area (Å²) in [5, 5.41) is 0.523. The van der Waals surface area contributed by atoms with E-state index in [1.807, 2.05) is 42.5 Å². The van der Waals surface area contributed by atoms with Crippen LogP contribution in [0.5, 0.6) is 5.75 Å². The number of nitrogens with one attached hydrogen (secondary N) is 1. The second-order valence-corrected chi connectivity index (χ2v) is 6.96. The van der Waals surface area contributed by atoms with E-state index in [1.165, 1.54) is 4.90 Å². The van der Waals surface area contributed by atoms with Gasteiger partial charge in [-0.15, -0.1) is 0 Å². The Balaban J connectivity index is 1.52. The van der Waals surface area contributed by atoms with E-state index < -0.39 is 0 Å². The van der Waals surface area contributed by atoms with Gasteiger partial charge in [-0.25, -0.2) is 4.98 Å². The fourth-order valence-corrected chi connectivity index (χ4v) is 3.22. The smallest absolute Gasteiger partial charge is 0.258 e.